The number of aliphatic carboxylic acids is 1. The summed E-state index contributed by atoms with van der Waals surface area (Å²) < 4.78 is 6.43. The molecule has 1 aromatic rings. The fraction of sp³-hybridized carbons (Fsp3) is 0.214. The van der Waals surface area contributed by atoms with Crippen LogP contribution in [0.2, 0.25) is 0 Å². The molecule has 0 saturated carbocycles. The van der Waals surface area contributed by atoms with Crippen LogP contribution in [0.1, 0.15) is 18.9 Å². The second-order valence-corrected chi connectivity index (χ2v) is 4.29. The largest absolute Gasteiger partial charge is 0.492 e. The van der Waals surface area contributed by atoms with E-state index in [4.69, 9.17) is 9.84 Å². The minimum Gasteiger partial charge on any atom is -0.492 e. The molecular weight excluding hydrogens is 296 g/mol. The topological polar surface area (TPSA) is 46.5 Å². The van der Waals surface area contributed by atoms with Crippen LogP contribution in [-0.4, -0.2) is 17.7 Å². The van der Waals surface area contributed by atoms with Gasteiger partial charge in [0.1, 0.15) is 5.75 Å². The molecule has 0 radical (unpaired) electrons. The van der Waals surface area contributed by atoms with Crippen molar-refractivity contribution in [1.29, 1.82) is 0 Å². The average molecular weight is 309 g/mol. The molecule has 0 aromatic heterocycles. The Morgan fingerprint density at radius 2 is 2.33 bits per heavy atom. The van der Waals surface area contributed by atoms with E-state index in [1.165, 1.54) is 6.08 Å². The summed E-state index contributed by atoms with van der Waals surface area (Å²) in [4.78, 5) is 10.5. The fourth-order valence-corrected chi connectivity index (χ4v) is 1.66. The lowest BCUT2D eigenvalue weighted by Gasteiger charge is -2.08. The molecule has 0 unspecified atom stereocenters. The van der Waals surface area contributed by atoms with Crippen LogP contribution in [0.3, 0.4) is 0 Å². The molecule has 1 rings (SSSR count). The normalized spacial score (nSPS) is 9.89. The highest BCUT2D eigenvalue weighted by atomic mass is 79.9. The number of hydrogen-bond donors (Lipinski definition) is 1. The minimum atomic E-state index is -0.988. The molecule has 0 aliphatic rings. The summed E-state index contributed by atoms with van der Waals surface area (Å²) in [6, 6.07) is 5.45. The third kappa shape index (κ3) is 5.07. The summed E-state index contributed by atoms with van der Waals surface area (Å²) in [6.07, 6.45) is 3.24. The number of benzene rings is 1. The molecule has 4 heteroatoms. The summed E-state index contributed by atoms with van der Waals surface area (Å²) in [5.41, 5.74) is 0.719. The molecule has 0 spiro atoms. The number of ether oxygens (including phenoxy) is 1. The maximum absolute atomic E-state index is 10.5. The van der Waals surface area contributed by atoms with Crippen molar-refractivity contribution in [3.63, 3.8) is 0 Å². The van der Waals surface area contributed by atoms with Gasteiger partial charge in [0.05, 0.1) is 6.61 Å². The minimum absolute atomic E-state index is 0.483. The highest BCUT2D eigenvalue weighted by Crippen LogP contribution is 2.24. The zero-order chi connectivity index (χ0) is 13.4. The zero-order valence-corrected chi connectivity index (χ0v) is 11.5. The SMILES string of the molecule is CC#CCCOc1ccc(Br)cc1/C=C/C(=O)O. The third-order valence-electron chi connectivity index (χ3n) is 2.04. The van der Waals surface area contributed by atoms with Crippen molar-refractivity contribution in [1.82, 2.24) is 0 Å². The molecule has 0 bridgehead atoms. The van der Waals surface area contributed by atoms with E-state index in [0.29, 0.717) is 18.8 Å². The van der Waals surface area contributed by atoms with Crippen LogP contribution in [0.4, 0.5) is 0 Å². The first-order valence-electron chi connectivity index (χ1n) is 5.36. The van der Waals surface area contributed by atoms with E-state index in [1.807, 2.05) is 6.07 Å². The van der Waals surface area contributed by atoms with Crippen molar-refractivity contribution in [2.45, 2.75) is 13.3 Å². The Balaban J connectivity index is 2.81. The molecule has 0 heterocycles. The van der Waals surface area contributed by atoms with Crippen molar-refractivity contribution in [3.8, 4) is 17.6 Å². The second kappa shape index (κ2) is 7.57. The molecule has 3 nitrogen and oxygen atoms in total. The van der Waals surface area contributed by atoms with Gasteiger partial charge in [0.2, 0.25) is 0 Å². The zero-order valence-electron chi connectivity index (χ0n) is 9.94. The molecule has 0 fully saturated rings. The van der Waals surface area contributed by atoms with E-state index < -0.39 is 5.97 Å². The lowest BCUT2D eigenvalue weighted by molar-refractivity contribution is -0.131. The van der Waals surface area contributed by atoms with Crippen molar-refractivity contribution in [2.75, 3.05) is 6.61 Å². The summed E-state index contributed by atoms with van der Waals surface area (Å²) in [6.45, 7) is 2.26. The second-order valence-electron chi connectivity index (χ2n) is 3.38. The monoisotopic (exact) mass is 308 g/mol. The fourth-order valence-electron chi connectivity index (χ4n) is 1.28. The first-order valence-corrected chi connectivity index (χ1v) is 6.15. The van der Waals surface area contributed by atoms with Gasteiger partial charge in [-0.25, -0.2) is 4.79 Å². The molecule has 18 heavy (non-hydrogen) atoms. The van der Waals surface area contributed by atoms with Crippen molar-refractivity contribution in [2.24, 2.45) is 0 Å². The molecular formula is C14H13BrO3. The summed E-state index contributed by atoms with van der Waals surface area (Å²) in [5.74, 6) is 5.35. The van der Waals surface area contributed by atoms with Gasteiger partial charge < -0.3 is 9.84 Å². The number of carboxylic acid groups (broad SMARTS) is 1. The molecule has 0 amide bonds. The summed E-state index contributed by atoms with van der Waals surface area (Å²) in [5, 5.41) is 8.62. The van der Waals surface area contributed by atoms with Gasteiger partial charge in [-0.05, 0) is 31.2 Å². The van der Waals surface area contributed by atoms with Gasteiger partial charge in [0.25, 0.3) is 0 Å². The molecule has 94 valence electrons. The standard InChI is InChI=1S/C14H13BrO3/c1-2-3-4-9-18-13-7-6-12(15)10-11(13)5-8-14(16)17/h5-8,10H,4,9H2,1H3,(H,16,17)/b8-5+. The molecule has 0 saturated heterocycles. The van der Waals surface area contributed by atoms with Gasteiger partial charge >= 0.3 is 5.97 Å². The number of hydrogen-bond acceptors (Lipinski definition) is 2. The number of carboxylic acids is 1. The van der Waals surface area contributed by atoms with E-state index in [9.17, 15) is 4.79 Å². The Labute approximate surface area is 115 Å². The highest BCUT2D eigenvalue weighted by Gasteiger charge is 2.02. The van der Waals surface area contributed by atoms with Crippen LogP contribution in [-0.2, 0) is 4.79 Å². The highest BCUT2D eigenvalue weighted by molar-refractivity contribution is 9.10. The van der Waals surface area contributed by atoms with Crippen molar-refractivity contribution < 1.29 is 14.6 Å². The van der Waals surface area contributed by atoms with Crippen LogP contribution in [0.5, 0.6) is 5.75 Å². The number of rotatable bonds is 5. The molecule has 0 atom stereocenters. The van der Waals surface area contributed by atoms with Crippen LogP contribution in [0, 0.1) is 11.8 Å². The van der Waals surface area contributed by atoms with E-state index in [-0.39, 0.29) is 0 Å². The summed E-state index contributed by atoms with van der Waals surface area (Å²) >= 11 is 3.34. The van der Waals surface area contributed by atoms with Crippen LogP contribution in [0.25, 0.3) is 6.08 Å². The van der Waals surface area contributed by atoms with Crippen molar-refractivity contribution in [3.05, 3.63) is 34.3 Å². The van der Waals surface area contributed by atoms with Crippen LogP contribution < -0.4 is 4.74 Å². The maximum atomic E-state index is 10.5. The van der Waals surface area contributed by atoms with E-state index in [2.05, 4.69) is 27.8 Å². The van der Waals surface area contributed by atoms with Crippen LogP contribution >= 0.6 is 15.9 Å². The molecule has 1 N–H and O–H groups in total. The molecule has 1 aromatic carbocycles. The van der Waals surface area contributed by atoms with Gasteiger partial charge in [-0.15, -0.1) is 11.8 Å². The van der Waals surface area contributed by atoms with Crippen LogP contribution in [0.15, 0.2) is 28.7 Å². The van der Waals surface area contributed by atoms with Gasteiger partial charge in [0.15, 0.2) is 0 Å². The van der Waals surface area contributed by atoms with Gasteiger partial charge in [0, 0.05) is 22.5 Å². The predicted molar refractivity (Wildman–Crippen MR) is 74.4 cm³/mol. The van der Waals surface area contributed by atoms with Gasteiger partial charge in [-0.1, -0.05) is 15.9 Å². The van der Waals surface area contributed by atoms with Gasteiger partial charge in [-0.3, -0.25) is 0 Å². The van der Waals surface area contributed by atoms with E-state index in [1.54, 1.807) is 19.1 Å². The average Bonchev–Trinajstić information content (AvgIpc) is 2.34. The quantitative estimate of drug-likeness (QED) is 0.515. The van der Waals surface area contributed by atoms with Crippen molar-refractivity contribution >= 4 is 28.0 Å². The Bertz CT molecular complexity index is 510. The molecule has 0 aliphatic carbocycles. The number of carbonyl (C=O) groups is 1. The Hall–Kier alpha value is -1.73. The van der Waals surface area contributed by atoms with Gasteiger partial charge in [-0.2, -0.15) is 0 Å². The lowest BCUT2D eigenvalue weighted by Crippen LogP contribution is -1.98. The summed E-state index contributed by atoms with van der Waals surface area (Å²) in [7, 11) is 0. The first kappa shape index (κ1) is 14.3. The van der Waals surface area contributed by atoms with E-state index >= 15 is 0 Å². The Morgan fingerprint density at radius 1 is 1.56 bits per heavy atom. The number of halogens is 1. The van der Waals surface area contributed by atoms with E-state index in [0.717, 1.165) is 16.1 Å². The first-order chi connectivity index (χ1) is 8.63. The molecule has 0 aliphatic heterocycles. The third-order valence-corrected chi connectivity index (χ3v) is 2.53. The predicted octanol–water partition coefficient (Wildman–Crippen LogP) is 3.34. The smallest absolute Gasteiger partial charge is 0.328 e. The Kier molecular flexibility index (Phi) is 6.03. The lowest BCUT2D eigenvalue weighted by atomic mass is 10.2. The maximum Gasteiger partial charge on any atom is 0.328 e. The Morgan fingerprint density at radius 3 is 3.00 bits per heavy atom.